The summed E-state index contributed by atoms with van der Waals surface area (Å²) in [7, 11) is 0. The van der Waals surface area contributed by atoms with Crippen molar-refractivity contribution >= 4 is 38.5 Å². The first-order chi connectivity index (χ1) is 22.2. The Hall–Kier alpha value is -4.76. The molecule has 0 unspecified atom stereocenters. The molecule has 0 atom stereocenters. The number of fused-ring (bicyclic) bond motifs is 3. The lowest BCUT2D eigenvalue weighted by atomic mass is 10.0. The van der Waals surface area contributed by atoms with E-state index in [0.717, 1.165) is 46.5 Å². The fraction of sp³-hybridized carbons (Fsp3) is 0.189. The minimum atomic E-state index is -0.172. The molecule has 45 heavy (non-hydrogen) atoms. The van der Waals surface area contributed by atoms with Gasteiger partial charge in [0.15, 0.2) is 0 Å². The highest BCUT2D eigenvalue weighted by Crippen LogP contribution is 2.31. The first-order valence-corrected chi connectivity index (χ1v) is 16.0. The van der Waals surface area contributed by atoms with Gasteiger partial charge in [0.2, 0.25) is 0 Å². The van der Waals surface area contributed by atoms with Gasteiger partial charge in [-0.3, -0.25) is 18.9 Å². The van der Waals surface area contributed by atoms with Gasteiger partial charge in [0.1, 0.15) is 12.4 Å². The molecule has 6 aromatic rings. The van der Waals surface area contributed by atoms with Gasteiger partial charge in [0, 0.05) is 43.6 Å². The van der Waals surface area contributed by atoms with Crippen LogP contribution >= 0.6 is 11.3 Å². The molecule has 0 radical (unpaired) electrons. The number of hydrogen-bond donors (Lipinski definition) is 0. The van der Waals surface area contributed by atoms with Crippen molar-refractivity contribution in [2.75, 3.05) is 44.3 Å². The first-order valence-electron chi connectivity index (χ1n) is 15.2. The summed E-state index contributed by atoms with van der Waals surface area (Å²) in [5.74, 6) is 0.565. The van der Waals surface area contributed by atoms with Crippen LogP contribution < -0.4 is 15.2 Å². The molecule has 0 N–H and O–H groups in total. The number of thiophene rings is 1. The van der Waals surface area contributed by atoms with Gasteiger partial charge in [0.25, 0.3) is 11.5 Å². The quantitative estimate of drug-likeness (QED) is 0.180. The zero-order valence-electron chi connectivity index (χ0n) is 24.8. The van der Waals surface area contributed by atoms with Crippen LogP contribution in [-0.2, 0) is 11.3 Å². The molecule has 7 nitrogen and oxygen atoms in total. The standard InChI is InChI=1S/C37H33N3O4S/c41-36-32(28-11-13-31(14-12-28)44-26-27-7-3-1-4-8-27)25-33(34-35-29(16-24-45-35)15-17-40(34)36)37(42)39(30-9-5-2-6-10-30)19-18-38-20-22-43-23-21-38/h1-17,24-25H,18-23,26H2. The predicted molar refractivity (Wildman–Crippen MR) is 181 cm³/mol. The van der Waals surface area contributed by atoms with E-state index < -0.39 is 0 Å². The molecule has 3 aromatic carbocycles. The Balaban J connectivity index is 1.29. The molecule has 1 amide bonds. The van der Waals surface area contributed by atoms with Crippen LogP contribution in [0, 0.1) is 0 Å². The Morgan fingerprint density at radius 3 is 2.38 bits per heavy atom. The number of carbonyl (C=O) groups excluding carboxylic acids is 1. The Kier molecular flexibility index (Phi) is 8.42. The number of ether oxygens (including phenoxy) is 2. The Bertz CT molecular complexity index is 1980. The number of nitrogens with zero attached hydrogens (tertiary/aromatic N) is 3. The van der Waals surface area contributed by atoms with Crippen LogP contribution in [0.15, 0.2) is 119 Å². The normalized spacial score (nSPS) is 13.7. The molecule has 1 fully saturated rings. The molecular formula is C37H33N3O4S. The van der Waals surface area contributed by atoms with Crippen LogP contribution in [-0.4, -0.2) is 54.6 Å². The van der Waals surface area contributed by atoms with Crippen LogP contribution in [0.1, 0.15) is 15.9 Å². The third-order valence-electron chi connectivity index (χ3n) is 8.25. The number of benzene rings is 3. The van der Waals surface area contributed by atoms with Crippen molar-refractivity contribution in [1.29, 1.82) is 0 Å². The Labute approximate surface area is 265 Å². The summed E-state index contributed by atoms with van der Waals surface area (Å²) < 4.78 is 14.1. The molecule has 7 rings (SSSR count). The van der Waals surface area contributed by atoms with E-state index in [9.17, 15) is 9.59 Å². The summed E-state index contributed by atoms with van der Waals surface area (Å²) in [5, 5.41) is 3.00. The Morgan fingerprint density at radius 2 is 1.62 bits per heavy atom. The third kappa shape index (κ3) is 6.13. The van der Waals surface area contributed by atoms with Gasteiger partial charge in [-0.25, -0.2) is 0 Å². The average molecular weight is 616 g/mol. The molecular weight excluding hydrogens is 582 g/mol. The van der Waals surface area contributed by atoms with Crippen molar-refractivity contribution in [3.63, 3.8) is 0 Å². The molecule has 0 aliphatic carbocycles. The number of anilines is 1. The molecule has 1 aliphatic heterocycles. The van der Waals surface area contributed by atoms with Gasteiger partial charge in [0.05, 0.1) is 29.0 Å². The minimum Gasteiger partial charge on any atom is -0.489 e. The molecule has 8 heteroatoms. The highest BCUT2D eigenvalue weighted by atomic mass is 32.1. The summed E-state index contributed by atoms with van der Waals surface area (Å²) in [6.45, 7) is 4.76. The maximum Gasteiger partial charge on any atom is 0.263 e. The number of aromatic nitrogens is 1. The second-order valence-electron chi connectivity index (χ2n) is 11.1. The lowest BCUT2D eigenvalue weighted by Gasteiger charge is -2.30. The molecule has 0 bridgehead atoms. The zero-order chi connectivity index (χ0) is 30.6. The van der Waals surface area contributed by atoms with Crippen molar-refractivity contribution in [1.82, 2.24) is 9.30 Å². The molecule has 4 heterocycles. The number of carbonyl (C=O) groups is 1. The van der Waals surface area contributed by atoms with E-state index in [1.807, 2.05) is 107 Å². The minimum absolute atomic E-state index is 0.142. The van der Waals surface area contributed by atoms with E-state index in [1.54, 1.807) is 16.7 Å². The van der Waals surface area contributed by atoms with Gasteiger partial charge in [-0.2, -0.15) is 0 Å². The number of para-hydroxylation sites is 1. The van der Waals surface area contributed by atoms with E-state index in [1.165, 1.54) is 11.3 Å². The summed E-state index contributed by atoms with van der Waals surface area (Å²) in [6.07, 6.45) is 1.78. The van der Waals surface area contributed by atoms with Gasteiger partial charge in [-0.1, -0.05) is 60.7 Å². The van der Waals surface area contributed by atoms with Crippen LogP contribution in [0.25, 0.3) is 26.7 Å². The van der Waals surface area contributed by atoms with Gasteiger partial charge < -0.3 is 14.4 Å². The van der Waals surface area contributed by atoms with E-state index in [2.05, 4.69) is 4.90 Å². The maximum absolute atomic E-state index is 14.7. The van der Waals surface area contributed by atoms with E-state index in [0.29, 0.717) is 48.8 Å². The topological polar surface area (TPSA) is 63.5 Å². The SMILES string of the molecule is O=C(c1cc(-c2ccc(OCc3ccccc3)cc2)c(=O)n2ccc3ccsc3c12)N(CCN1CCOCC1)c1ccccc1. The van der Waals surface area contributed by atoms with Gasteiger partial charge in [-0.05, 0) is 64.4 Å². The van der Waals surface area contributed by atoms with Crippen LogP contribution in [0.4, 0.5) is 5.69 Å². The zero-order valence-corrected chi connectivity index (χ0v) is 25.6. The first kappa shape index (κ1) is 29.0. The lowest BCUT2D eigenvalue weighted by Crippen LogP contribution is -2.43. The van der Waals surface area contributed by atoms with Crippen LogP contribution in [0.3, 0.4) is 0 Å². The van der Waals surface area contributed by atoms with E-state index in [-0.39, 0.29) is 11.5 Å². The number of amides is 1. The van der Waals surface area contributed by atoms with Crippen LogP contribution in [0.5, 0.6) is 5.75 Å². The number of rotatable bonds is 9. The largest absolute Gasteiger partial charge is 0.489 e. The molecule has 1 saturated heterocycles. The molecule has 0 saturated carbocycles. The van der Waals surface area contributed by atoms with Gasteiger partial charge in [-0.15, -0.1) is 11.3 Å². The number of pyridine rings is 2. The molecule has 226 valence electrons. The van der Waals surface area contributed by atoms with Crippen molar-refractivity contribution in [2.24, 2.45) is 0 Å². The smallest absolute Gasteiger partial charge is 0.263 e. The fourth-order valence-corrected chi connectivity index (χ4v) is 6.76. The molecule has 0 spiro atoms. The van der Waals surface area contributed by atoms with Crippen LogP contribution in [0.2, 0.25) is 0 Å². The summed E-state index contributed by atoms with van der Waals surface area (Å²) in [6, 6.07) is 33.0. The van der Waals surface area contributed by atoms with Gasteiger partial charge >= 0.3 is 0 Å². The third-order valence-corrected chi connectivity index (χ3v) is 9.19. The number of morpholine rings is 1. The summed E-state index contributed by atoms with van der Waals surface area (Å²) in [5.41, 5.74) is 4.04. The summed E-state index contributed by atoms with van der Waals surface area (Å²) >= 11 is 1.54. The Morgan fingerprint density at radius 1 is 0.889 bits per heavy atom. The summed E-state index contributed by atoms with van der Waals surface area (Å²) in [4.78, 5) is 32.9. The lowest BCUT2D eigenvalue weighted by molar-refractivity contribution is 0.0391. The van der Waals surface area contributed by atoms with Crippen molar-refractivity contribution < 1.29 is 14.3 Å². The number of hydrogen-bond acceptors (Lipinski definition) is 6. The monoisotopic (exact) mass is 615 g/mol. The van der Waals surface area contributed by atoms with Crippen molar-refractivity contribution in [3.8, 4) is 16.9 Å². The second kappa shape index (κ2) is 13.1. The van der Waals surface area contributed by atoms with E-state index >= 15 is 0 Å². The second-order valence-corrected chi connectivity index (χ2v) is 12.0. The highest BCUT2D eigenvalue weighted by Gasteiger charge is 2.25. The molecule has 3 aromatic heterocycles. The van der Waals surface area contributed by atoms with Crippen molar-refractivity contribution in [2.45, 2.75) is 6.61 Å². The van der Waals surface area contributed by atoms with E-state index in [4.69, 9.17) is 9.47 Å². The predicted octanol–water partition coefficient (Wildman–Crippen LogP) is 6.74. The maximum atomic E-state index is 14.7. The fourth-order valence-electron chi connectivity index (χ4n) is 5.82. The highest BCUT2D eigenvalue weighted by molar-refractivity contribution is 7.18. The molecule has 1 aliphatic rings. The average Bonchev–Trinajstić information content (AvgIpc) is 3.59. The van der Waals surface area contributed by atoms with Crippen molar-refractivity contribution in [3.05, 3.63) is 136 Å².